The Balaban J connectivity index is 1.56. The summed E-state index contributed by atoms with van der Waals surface area (Å²) in [5, 5.41) is 4.97. The second-order valence-corrected chi connectivity index (χ2v) is 7.03. The standard InChI is InChI=1S/C23H21N5O2/c1-15-12-16(2)28(27-15)14-22(29)25-26-23(30)19-13-21(17-8-4-3-5-9-17)24-20-11-7-6-10-18(19)20/h3-13H,14H2,1-2H3,(H,25,29)(H,26,30). The molecule has 0 aliphatic carbocycles. The van der Waals surface area contributed by atoms with Gasteiger partial charge in [0.1, 0.15) is 6.54 Å². The van der Waals surface area contributed by atoms with Crippen LogP contribution in [0.4, 0.5) is 0 Å². The second-order valence-electron chi connectivity index (χ2n) is 7.03. The van der Waals surface area contributed by atoms with Gasteiger partial charge in [0.15, 0.2) is 0 Å². The fourth-order valence-electron chi connectivity index (χ4n) is 3.32. The maximum Gasteiger partial charge on any atom is 0.270 e. The molecule has 0 radical (unpaired) electrons. The van der Waals surface area contributed by atoms with Crippen molar-refractivity contribution in [1.29, 1.82) is 0 Å². The SMILES string of the molecule is Cc1cc(C)n(CC(=O)NNC(=O)c2cc(-c3ccccc3)nc3ccccc23)n1. The number of hydrogen-bond acceptors (Lipinski definition) is 4. The lowest BCUT2D eigenvalue weighted by molar-refractivity contribution is -0.122. The van der Waals surface area contributed by atoms with E-state index >= 15 is 0 Å². The van der Waals surface area contributed by atoms with Crippen LogP contribution in [-0.4, -0.2) is 26.6 Å². The molecular weight excluding hydrogens is 378 g/mol. The maximum absolute atomic E-state index is 12.9. The van der Waals surface area contributed by atoms with Crippen molar-refractivity contribution in [3.8, 4) is 11.3 Å². The average molecular weight is 399 g/mol. The molecule has 4 aromatic rings. The van der Waals surface area contributed by atoms with E-state index in [-0.39, 0.29) is 12.5 Å². The molecule has 0 bridgehead atoms. The van der Waals surface area contributed by atoms with Gasteiger partial charge in [-0.2, -0.15) is 5.10 Å². The number of hydrogen-bond donors (Lipinski definition) is 2. The lowest BCUT2D eigenvalue weighted by Crippen LogP contribution is -2.43. The highest BCUT2D eigenvalue weighted by atomic mass is 16.2. The van der Waals surface area contributed by atoms with Crippen LogP contribution in [0.3, 0.4) is 0 Å². The van der Waals surface area contributed by atoms with E-state index in [9.17, 15) is 9.59 Å². The smallest absolute Gasteiger partial charge is 0.270 e. The van der Waals surface area contributed by atoms with Gasteiger partial charge in [0.25, 0.3) is 11.8 Å². The van der Waals surface area contributed by atoms with Crippen molar-refractivity contribution in [3.05, 3.63) is 83.7 Å². The first-order valence-electron chi connectivity index (χ1n) is 9.57. The predicted octanol–water partition coefficient (Wildman–Crippen LogP) is 3.18. The topological polar surface area (TPSA) is 88.9 Å². The lowest BCUT2D eigenvalue weighted by atomic mass is 10.0. The van der Waals surface area contributed by atoms with Crippen molar-refractivity contribution >= 4 is 22.7 Å². The molecule has 7 heteroatoms. The zero-order valence-electron chi connectivity index (χ0n) is 16.7. The number of carbonyl (C=O) groups excluding carboxylic acids is 2. The summed E-state index contributed by atoms with van der Waals surface area (Å²) in [6.45, 7) is 3.76. The van der Waals surface area contributed by atoms with Gasteiger partial charge in [0.05, 0.1) is 22.5 Å². The maximum atomic E-state index is 12.9. The molecule has 4 rings (SSSR count). The monoisotopic (exact) mass is 399 g/mol. The van der Waals surface area contributed by atoms with Crippen molar-refractivity contribution in [2.45, 2.75) is 20.4 Å². The van der Waals surface area contributed by atoms with Gasteiger partial charge in [-0.15, -0.1) is 0 Å². The van der Waals surface area contributed by atoms with Crippen LogP contribution >= 0.6 is 0 Å². The van der Waals surface area contributed by atoms with Gasteiger partial charge >= 0.3 is 0 Å². The van der Waals surface area contributed by atoms with Gasteiger partial charge < -0.3 is 0 Å². The first-order valence-corrected chi connectivity index (χ1v) is 9.57. The molecule has 7 nitrogen and oxygen atoms in total. The lowest BCUT2D eigenvalue weighted by Gasteiger charge is -2.12. The summed E-state index contributed by atoms with van der Waals surface area (Å²) in [6.07, 6.45) is 0. The molecule has 0 spiro atoms. The van der Waals surface area contributed by atoms with Crippen molar-refractivity contribution < 1.29 is 9.59 Å². The zero-order valence-corrected chi connectivity index (χ0v) is 16.7. The summed E-state index contributed by atoms with van der Waals surface area (Å²) < 4.78 is 1.59. The number of benzene rings is 2. The van der Waals surface area contributed by atoms with Crippen LogP contribution in [0.25, 0.3) is 22.2 Å². The fourth-order valence-corrected chi connectivity index (χ4v) is 3.32. The van der Waals surface area contributed by atoms with E-state index < -0.39 is 5.91 Å². The Labute approximate surface area is 173 Å². The Kier molecular flexibility index (Phi) is 5.26. The molecular formula is C23H21N5O2. The number of rotatable bonds is 4. The van der Waals surface area contributed by atoms with Gasteiger partial charge in [-0.1, -0.05) is 48.5 Å². The summed E-state index contributed by atoms with van der Waals surface area (Å²) in [6, 6.07) is 20.7. The Bertz CT molecular complexity index is 1230. The minimum atomic E-state index is -0.410. The number of aromatic nitrogens is 3. The van der Waals surface area contributed by atoms with E-state index in [2.05, 4.69) is 20.9 Å². The summed E-state index contributed by atoms with van der Waals surface area (Å²) in [5.74, 6) is -0.774. The molecule has 30 heavy (non-hydrogen) atoms. The largest absolute Gasteiger partial charge is 0.271 e. The van der Waals surface area contributed by atoms with Crippen LogP contribution < -0.4 is 10.9 Å². The van der Waals surface area contributed by atoms with Crippen molar-refractivity contribution in [2.75, 3.05) is 0 Å². The Hall–Kier alpha value is -4.00. The summed E-state index contributed by atoms with van der Waals surface area (Å²) in [5.41, 5.74) is 9.43. The summed E-state index contributed by atoms with van der Waals surface area (Å²) in [4.78, 5) is 29.8. The summed E-state index contributed by atoms with van der Waals surface area (Å²) >= 11 is 0. The zero-order chi connectivity index (χ0) is 21.1. The average Bonchev–Trinajstić information content (AvgIpc) is 3.08. The van der Waals surface area contributed by atoms with Crippen molar-refractivity contribution in [1.82, 2.24) is 25.6 Å². The molecule has 2 aromatic heterocycles. The highest BCUT2D eigenvalue weighted by Gasteiger charge is 2.15. The molecule has 0 aliphatic heterocycles. The number of fused-ring (bicyclic) bond motifs is 1. The van der Waals surface area contributed by atoms with E-state index in [1.165, 1.54) is 0 Å². The van der Waals surface area contributed by atoms with Crippen molar-refractivity contribution in [2.24, 2.45) is 0 Å². The van der Waals surface area contributed by atoms with Crippen LogP contribution in [0.15, 0.2) is 66.7 Å². The number of nitrogens with one attached hydrogen (secondary N) is 2. The Morgan fingerprint density at radius 2 is 1.67 bits per heavy atom. The molecule has 0 unspecified atom stereocenters. The van der Waals surface area contributed by atoms with Crippen LogP contribution in [-0.2, 0) is 11.3 Å². The first-order chi connectivity index (χ1) is 14.5. The number of para-hydroxylation sites is 1. The molecule has 2 amide bonds. The number of carbonyl (C=O) groups is 2. The number of nitrogens with zero attached hydrogens (tertiary/aromatic N) is 3. The Morgan fingerprint density at radius 3 is 2.40 bits per heavy atom. The van der Waals surface area contributed by atoms with E-state index in [0.29, 0.717) is 22.2 Å². The number of pyridine rings is 1. The van der Waals surface area contributed by atoms with E-state index in [4.69, 9.17) is 0 Å². The normalized spacial score (nSPS) is 10.7. The molecule has 0 fully saturated rings. The predicted molar refractivity (Wildman–Crippen MR) is 114 cm³/mol. The van der Waals surface area contributed by atoms with E-state index in [0.717, 1.165) is 17.0 Å². The number of amides is 2. The fraction of sp³-hybridized carbons (Fsp3) is 0.130. The van der Waals surface area contributed by atoms with Crippen LogP contribution in [0.2, 0.25) is 0 Å². The van der Waals surface area contributed by atoms with Gasteiger partial charge in [-0.25, -0.2) is 4.98 Å². The quantitative estimate of drug-likeness (QED) is 0.516. The highest BCUT2D eigenvalue weighted by Crippen LogP contribution is 2.24. The molecule has 0 atom stereocenters. The third-order valence-corrected chi connectivity index (χ3v) is 4.74. The van der Waals surface area contributed by atoms with E-state index in [1.54, 1.807) is 10.7 Å². The second kappa shape index (κ2) is 8.16. The number of aryl methyl sites for hydroxylation is 2. The minimum absolute atomic E-state index is 0.0202. The third kappa shape index (κ3) is 4.05. The molecule has 0 saturated carbocycles. The summed E-state index contributed by atoms with van der Waals surface area (Å²) in [7, 11) is 0. The molecule has 0 saturated heterocycles. The number of hydrazine groups is 1. The van der Waals surface area contributed by atoms with Crippen molar-refractivity contribution in [3.63, 3.8) is 0 Å². The van der Waals surface area contributed by atoms with Crippen LogP contribution in [0, 0.1) is 13.8 Å². The van der Waals surface area contributed by atoms with Gasteiger partial charge in [-0.3, -0.25) is 25.1 Å². The first kappa shape index (κ1) is 19.3. The highest BCUT2D eigenvalue weighted by molar-refractivity contribution is 6.07. The van der Waals surface area contributed by atoms with Gasteiger partial charge in [-0.05, 0) is 32.0 Å². The molecule has 150 valence electrons. The molecule has 2 aromatic carbocycles. The van der Waals surface area contributed by atoms with Gasteiger partial charge in [0, 0.05) is 16.6 Å². The minimum Gasteiger partial charge on any atom is -0.271 e. The van der Waals surface area contributed by atoms with E-state index in [1.807, 2.05) is 74.5 Å². The molecule has 2 N–H and O–H groups in total. The third-order valence-electron chi connectivity index (χ3n) is 4.74. The Morgan fingerprint density at radius 1 is 0.933 bits per heavy atom. The van der Waals surface area contributed by atoms with Crippen LogP contribution in [0.1, 0.15) is 21.7 Å². The molecule has 2 heterocycles. The van der Waals surface area contributed by atoms with Gasteiger partial charge in [0.2, 0.25) is 0 Å². The van der Waals surface area contributed by atoms with Crippen LogP contribution in [0.5, 0.6) is 0 Å². The molecule has 0 aliphatic rings.